The molecule has 0 radical (unpaired) electrons. The molecule has 1 fully saturated rings. The topological polar surface area (TPSA) is 50.2 Å². The highest BCUT2D eigenvalue weighted by Crippen LogP contribution is 2.21. The van der Waals surface area contributed by atoms with E-state index in [1.54, 1.807) is 16.9 Å². The molecule has 0 aliphatic carbocycles. The fourth-order valence-corrected chi connectivity index (χ4v) is 2.52. The van der Waals surface area contributed by atoms with Gasteiger partial charge in [-0.25, -0.2) is 0 Å². The largest absolute Gasteiger partial charge is 0.337 e. The Morgan fingerprint density at radius 2 is 2.22 bits per heavy atom. The average molecular weight is 250 g/mol. The van der Waals surface area contributed by atoms with Crippen LogP contribution in [-0.4, -0.2) is 47.3 Å². The van der Waals surface area contributed by atoms with Crippen LogP contribution in [0.4, 0.5) is 0 Å². The summed E-state index contributed by atoms with van der Waals surface area (Å²) >= 11 is 0. The van der Waals surface area contributed by atoms with Crippen molar-refractivity contribution in [3.05, 3.63) is 18.0 Å². The van der Waals surface area contributed by atoms with Crippen LogP contribution in [0.3, 0.4) is 0 Å². The summed E-state index contributed by atoms with van der Waals surface area (Å²) in [6.45, 7) is 2.82. The Morgan fingerprint density at radius 1 is 1.50 bits per heavy atom. The van der Waals surface area contributed by atoms with Gasteiger partial charge in [-0.15, -0.1) is 0 Å². The van der Waals surface area contributed by atoms with E-state index >= 15 is 0 Å². The smallest absolute Gasteiger partial charge is 0.272 e. The molecule has 1 N–H and O–H groups in total. The minimum Gasteiger partial charge on any atom is -0.337 e. The summed E-state index contributed by atoms with van der Waals surface area (Å²) in [5, 5.41) is 7.24. The lowest BCUT2D eigenvalue weighted by molar-refractivity contribution is 0.0676. The molecule has 2 heterocycles. The third-order valence-corrected chi connectivity index (χ3v) is 3.74. The Morgan fingerprint density at radius 3 is 2.78 bits per heavy atom. The van der Waals surface area contributed by atoms with Crippen LogP contribution in [0, 0.1) is 5.92 Å². The molecule has 0 spiro atoms. The molecule has 1 saturated heterocycles. The fraction of sp³-hybridized carbons (Fsp3) is 0.692. The van der Waals surface area contributed by atoms with Gasteiger partial charge in [0.1, 0.15) is 5.69 Å². The standard InChI is InChI=1S/C13H22N4O/c1-14-7-3-11-5-9-17(10-6-11)13(18)12-4-8-15-16(12)2/h4,8,11,14H,3,5-7,9-10H2,1-2H3. The lowest BCUT2D eigenvalue weighted by Gasteiger charge is -2.32. The van der Waals surface area contributed by atoms with E-state index in [4.69, 9.17) is 0 Å². The molecule has 1 aliphatic rings. The quantitative estimate of drug-likeness (QED) is 0.863. The number of nitrogens with one attached hydrogen (secondary N) is 1. The van der Waals surface area contributed by atoms with Crippen LogP contribution in [0.2, 0.25) is 0 Å². The number of aromatic nitrogens is 2. The zero-order valence-corrected chi connectivity index (χ0v) is 11.2. The van der Waals surface area contributed by atoms with E-state index in [9.17, 15) is 4.79 Å². The summed E-state index contributed by atoms with van der Waals surface area (Å²) in [5.41, 5.74) is 0.684. The number of aryl methyl sites for hydroxylation is 1. The lowest BCUT2D eigenvalue weighted by Crippen LogP contribution is -2.39. The van der Waals surface area contributed by atoms with Crippen LogP contribution in [0.1, 0.15) is 29.8 Å². The number of likely N-dealkylation sites (tertiary alicyclic amines) is 1. The van der Waals surface area contributed by atoms with E-state index in [0.717, 1.165) is 38.4 Å². The average Bonchev–Trinajstić information content (AvgIpc) is 2.82. The summed E-state index contributed by atoms with van der Waals surface area (Å²) in [6.07, 6.45) is 5.12. The second kappa shape index (κ2) is 6.00. The van der Waals surface area contributed by atoms with E-state index in [0.29, 0.717) is 5.69 Å². The predicted molar refractivity (Wildman–Crippen MR) is 70.4 cm³/mol. The zero-order chi connectivity index (χ0) is 13.0. The Hall–Kier alpha value is -1.36. The number of rotatable bonds is 4. The molecule has 1 aromatic heterocycles. The van der Waals surface area contributed by atoms with Gasteiger partial charge in [0.2, 0.25) is 0 Å². The van der Waals surface area contributed by atoms with Gasteiger partial charge in [0.25, 0.3) is 5.91 Å². The summed E-state index contributed by atoms with van der Waals surface area (Å²) < 4.78 is 1.65. The van der Waals surface area contributed by atoms with E-state index in [2.05, 4.69) is 10.4 Å². The van der Waals surface area contributed by atoms with Gasteiger partial charge in [0, 0.05) is 26.3 Å². The van der Waals surface area contributed by atoms with Crippen LogP contribution < -0.4 is 5.32 Å². The van der Waals surface area contributed by atoms with Gasteiger partial charge in [-0.2, -0.15) is 5.10 Å². The fourth-order valence-electron chi connectivity index (χ4n) is 2.52. The van der Waals surface area contributed by atoms with Crippen molar-refractivity contribution < 1.29 is 4.79 Å². The summed E-state index contributed by atoms with van der Waals surface area (Å²) in [7, 11) is 3.80. The maximum absolute atomic E-state index is 12.3. The molecule has 5 nitrogen and oxygen atoms in total. The van der Waals surface area contributed by atoms with E-state index in [1.807, 2.05) is 19.0 Å². The highest BCUT2D eigenvalue weighted by molar-refractivity contribution is 5.92. The first-order chi connectivity index (χ1) is 8.72. The Labute approximate surface area is 108 Å². The van der Waals surface area contributed by atoms with Crippen molar-refractivity contribution in [3.8, 4) is 0 Å². The Kier molecular flexibility index (Phi) is 4.36. The minimum atomic E-state index is 0.113. The number of carbonyl (C=O) groups excluding carboxylic acids is 1. The summed E-state index contributed by atoms with van der Waals surface area (Å²) in [4.78, 5) is 14.2. The molecule has 0 atom stereocenters. The van der Waals surface area contributed by atoms with Crippen molar-refractivity contribution in [2.24, 2.45) is 13.0 Å². The molecule has 0 saturated carbocycles. The number of amides is 1. The molecule has 0 aromatic carbocycles. The molecule has 5 heteroatoms. The van der Waals surface area contributed by atoms with Crippen molar-refractivity contribution in [2.75, 3.05) is 26.7 Å². The normalized spacial score (nSPS) is 17.1. The molecule has 100 valence electrons. The highest BCUT2D eigenvalue weighted by atomic mass is 16.2. The number of carbonyl (C=O) groups is 1. The van der Waals surface area contributed by atoms with Gasteiger partial charge in [-0.05, 0) is 44.8 Å². The van der Waals surface area contributed by atoms with Gasteiger partial charge in [-0.3, -0.25) is 9.48 Å². The first-order valence-electron chi connectivity index (χ1n) is 6.64. The second-order valence-corrected chi connectivity index (χ2v) is 4.97. The molecular weight excluding hydrogens is 228 g/mol. The van der Waals surface area contributed by atoms with Crippen LogP contribution in [0.25, 0.3) is 0 Å². The number of hydrogen-bond acceptors (Lipinski definition) is 3. The Balaban J connectivity index is 1.86. The molecule has 1 amide bonds. The van der Waals surface area contributed by atoms with Crippen LogP contribution in [0.15, 0.2) is 12.3 Å². The maximum atomic E-state index is 12.3. The van der Waals surface area contributed by atoms with Crippen molar-refractivity contribution in [2.45, 2.75) is 19.3 Å². The molecule has 1 aromatic rings. The lowest BCUT2D eigenvalue weighted by atomic mass is 9.93. The summed E-state index contributed by atoms with van der Waals surface area (Å²) in [6, 6.07) is 1.79. The van der Waals surface area contributed by atoms with E-state index < -0.39 is 0 Å². The van der Waals surface area contributed by atoms with E-state index in [-0.39, 0.29) is 5.91 Å². The molecule has 0 unspecified atom stereocenters. The Bertz CT molecular complexity index is 393. The van der Waals surface area contributed by atoms with Gasteiger partial charge in [0.15, 0.2) is 0 Å². The second-order valence-electron chi connectivity index (χ2n) is 4.97. The van der Waals surface area contributed by atoms with Gasteiger partial charge in [0.05, 0.1) is 0 Å². The first kappa shape index (κ1) is 13.1. The predicted octanol–water partition coefficient (Wildman–Crippen LogP) is 0.882. The molecule has 2 rings (SSSR count). The number of nitrogens with zero attached hydrogens (tertiary/aromatic N) is 3. The molecule has 0 bridgehead atoms. The zero-order valence-electron chi connectivity index (χ0n) is 11.2. The van der Waals surface area contributed by atoms with Crippen molar-refractivity contribution >= 4 is 5.91 Å². The van der Waals surface area contributed by atoms with Crippen molar-refractivity contribution in [1.82, 2.24) is 20.0 Å². The molecule has 1 aliphatic heterocycles. The monoisotopic (exact) mass is 250 g/mol. The first-order valence-corrected chi connectivity index (χ1v) is 6.64. The van der Waals surface area contributed by atoms with E-state index in [1.165, 1.54) is 6.42 Å². The van der Waals surface area contributed by atoms with Gasteiger partial charge >= 0.3 is 0 Å². The SMILES string of the molecule is CNCCC1CCN(C(=O)c2ccnn2C)CC1. The summed E-state index contributed by atoms with van der Waals surface area (Å²) in [5.74, 6) is 0.870. The maximum Gasteiger partial charge on any atom is 0.272 e. The third kappa shape index (κ3) is 2.90. The van der Waals surface area contributed by atoms with Gasteiger partial charge in [-0.1, -0.05) is 0 Å². The van der Waals surface area contributed by atoms with Crippen LogP contribution >= 0.6 is 0 Å². The van der Waals surface area contributed by atoms with Crippen molar-refractivity contribution in [3.63, 3.8) is 0 Å². The molecular formula is C13H22N4O. The number of hydrogen-bond donors (Lipinski definition) is 1. The van der Waals surface area contributed by atoms with Crippen LogP contribution in [0.5, 0.6) is 0 Å². The third-order valence-electron chi connectivity index (χ3n) is 3.74. The minimum absolute atomic E-state index is 0.113. The molecule has 18 heavy (non-hydrogen) atoms. The van der Waals surface area contributed by atoms with Crippen LogP contribution in [-0.2, 0) is 7.05 Å². The number of piperidine rings is 1. The van der Waals surface area contributed by atoms with Gasteiger partial charge < -0.3 is 10.2 Å². The van der Waals surface area contributed by atoms with Crippen molar-refractivity contribution in [1.29, 1.82) is 0 Å². The highest BCUT2D eigenvalue weighted by Gasteiger charge is 2.24.